The maximum Gasteiger partial charge on any atom is 0.112 e. The summed E-state index contributed by atoms with van der Waals surface area (Å²) in [5, 5.41) is 0. The zero-order chi connectivity index (χ0) is 20.2. The predicted octanol–water partition coefficient (Wildman–Crippen LogP) is 6.77. The lowest BCUT2D eigenvalue weighted by Gasteiger charge is -2.43. The number of para-hydroxylation sites is 1. The van der Waals surface area contributed by atoms with Gasteiger partial charge in [-0.25, -0.2) is 0 Å². The Hall–Kier alpha value is -2.74. The standard InChI is InChI=1S/C26H33NO/c1-5-8-10-13-23(7-3)20-28-21-24(17-16-22(4)6-2)26-18-19-27(26)25-14-11-9-12-15-25/h5-17,21,26H,18-20H2,1-4H3/b8-5-,13-10-,17-16-,22-6-,23-7+,24-21-. The van der Waals surface area contributed by atoms with E-state index in [0.29, 0.717) is 12.6 Å². The molecule has 1 aromatic rings. The molecule has 1 fully saturated rings. The normalized spacial score (nSPS) is 19.1. The van der Waals surface area contributed by atoms with Gasteiger partial charge in [0.05, 0.1) is 12.3 Å². The summed E-state index contributed by atoms with van der Waals surface area (Å²) in [7, 11) is 0. The Bertz CT molecular complexity index is 778. The number of rotatable bonds is 9. The van der Waals surface area contributed by atoms with Crippen molar-refractivity contribution < 1.29 is 4.74 Å². The molecule has 2 heteroatoms. The lowest BCUT2D eigenvalue weighted by atomic mass is 9.93. The van der Waals surface area contributed by atoms with Gasteiger partial charge in [0.25, 0.3) is 0 Å². The van der Waals surface area contributed by atoms with Gasteiger partial charge in [-0.3, -0.25) is 0 Å². The Morgan fingerprint density at radius 2 is 1.82 bits per heavy atom. The van der Waals surface area contributed by atoms with Crippen molar-refractivity contribution in [2.24, 2.45) is 0 Å². The predicted molar refractivity (Wildman–Crippen MR) is 123 cm³/mol. The SMILES string of the molecule is C\C=C/C=C\C(=C/C)CO/C=C(/C=C\C(C)=C/C)C1CCN1c1ccccc1. The number of allylic oxidation sites excluding steroid dienone is 7. The minimum absolute atomic E-state index is 0.357. The Balaban J connectivity index is 2.13. The average molecular weight is 376 g/mol. The first-order valence-corrected chi connectivity index (χ1v) is 10.1. The number of hydrogen-bond donors (Lipinski definition) is 0. The highest BCUT2D eigenvalue weighted by atomic mass is 16.5. The highest BCUT2D eigenvalue weighted by Gasteiger charge is 2.30. The molecule has 0 saturated carbocycles. The van der Waals surface area contributed by atoms with Crippen LogP contribution in [0.1, 0.15) is 34.1 Å². The fraction of sp³-hybridized carbons (Fsp3) is 0.308. The molecule has 0 aromatic heterocycles. The van der Waals surface area contributed by atoms with E-state index in [1.165, 1.54) is 16.8 Å². The summed E-state index contributed by atoms with van der Waals surface area (Å²) in [5.41, 5.74) is 4.89. The zero-order valence-corrected chi connectivity index (χ0v) is 17.6. The van der Waals surface area contributed by atoms with E-state index in [-0.39, 0.29) is 0 Å². The number of benzene rings is 1. The molecule has 0 amide bonds. The second-order valence-corrected chi connectivity index (χ2v) is 6.88. The molecule has 0 radical (unpaired) electrons. The van der Waals surface area contributed by atoms with Crippen LogP contribution < -0.4 is 4.90 Å². The smallest absolute Gasteiger partial charge is 0.112 e. The van der Waals surface area contributed by atoms with Crippen molar-refractivity contribution in [1.82, 2.24) is 0 Å². The molecule has 1 saturated heterocycles. The monoisotopic (exact) mass is 375 g/mol. The van der Waals surface area contributed by atoms with Crippen LogP contribution in [0.25, 0.3) is 0 Å². The first-order valence-electron chi connectivity index (χ1n) is 10.1. The molecular formula is C26H33NO. The molecule has 1 unspecified atom stereocenters. The molecule has 28 heavy (non-hydrogen) atoms. The van der Waals surface area contributed by atoms with E-state index in [1.54, 1.807) is 0 Å². The first kappa shape index (κ1) is 21.6. The largest absolute Gasteiger partial charge is 0.496 e. The lowest BCUT2D eigenvalue weighted by Crippen LogP contribution is -2.48. The van der Waals surface area contributed by atoms with Crippen molar-refractivity contribution in [3.8, 4) is 0 Å². The number of anilines is 1. The van der Waals surface area contributed by atoms with E-state index < -0.39 is 0 Å². The van der Waals surface area contributed by atoms with Gasteiger partial charge in [0.2, 0.25) is 0 Å². The van der Waals surface area contributed by atoms with Crippen LogP contribution >= 0.6 is 0 Å². The molecule has 1 aliphatic heterocycles. The van der Waals surface area contributed by atoms with Gasteiger partial charge in [-0.1, -0.05) is 72.4 Å². The van der Waals surface area contributed by atoms with Crippen molar-refractivity contribution >= 4 is 5.69 Å². The fourth-order valence-electron chi connectivity index (χ4n) is 2.97. The van der Waals surface area contributed by atoms with Crippen molar-refractivity contribution in [1.29, 1.82) is 0 Å². The van der Waals surface area contributed by atoms with Crippen LogP contribution in [-0.2, 0) is 4.74 Å². The highest BCUT2D eigenvalue weighted by molar-refractivity contribution is 5.53. The molecule has 0 spiro atoms. The molecule has 1 aromatic carbocycles. The third-order valence-corrected chi connectivity index (χ3v) is 4.94. The van der Waals surface area contributed by atoms with Gasteiger partial charge >= 0.3 is 0 Å². The third-order valence-electron chi connectivity index (χ3n) is 4.94. The van der Waals surface area contributed by atoms with E-state index in [9.17, 15) is 0 Å². The average Bonchev–Trinajstić information content (AvgIpc) is 2.70. The van der Waals surface area contributed by atoms with Gasteiger partial charge in [0.15, 0.2) is 0 Å². The quantitative estimate of drug-likeness (QED) is 0.349. The molecule has 2 rings (SSSR count). The van der Waals surface area contributed by atoms with Crippen LogP contribution in [0.3, 0.4) is 0 Å². The van der Waals surface area contributed by atoms with E-state index in [1.807, 2.05) is 38.3 Å². The van der Waals surface area contributed by atoms with Gasteiger partial charge < -0.3 is 9.64 Å². The number of nitrogens with zero attached hydrogens (tertiary/aromatic N) is 1. The van der Waals surface area contributed by atoms with Crippen LogP contribution in [0.2, 0.25) is 0 Å². The van der Waals surface area contributed by atoms with Gasteiger partial charge in [-0.15, -0.1) is 0 Å². The van der Waals surface area contributed by atoms with E-state index in [2.05, 4.69) is 79.5 Å². The first-order chi connectivity index (χ1) is 13.7. The minimum atomic E-state index is 0.357. The Labute approximate surface area is 170 Å². The molecular weight excluding hydrogens is 342 g/mol. The fourth-order valence-corrected chi connectivity index (χ4v) is 2.97. The molecule has 2 nitrogen and oxygen atoms in total. The summed E-state index contributed by atoms with van der Waals surface area (Å²) in [5.74, 6) is 0. The van der Waals surface area contributed by atoms with Crippen LogP contribution in [-0.4, -0.2) is 19.2 Å². The van der Waals surface area contributed by atoms with Gasteiger partial charge in [-0.05, 0) is 51.8 Å². The van der Waals surface area contributed by atoms with E-state index in [4.69, 9.17) is 4.74 Å². The third kappa shape index (κ3) is 6.45. The van der Waals surface area contributed by atoms with Crippen molar-refractivity contribution in [3.63, 3.8) is 0 Å². The lowest BCUT2D eigenvalue weighted by molar-refractivity contribution is 0.276. The molecule has 0 N–H and O–H groups in total. The van der Waals surface area contributed by atoms with Gasteiger partial charge in [-0.2, -0.15) is 0 Å². The van der Waals surface area contributed by atoms with Crippen molar-refractivity contribution in [2.75, 3.05) is 18.1 Å². The maximum absolute atomic E-state index is 5.98. The molecule has 0 aliphatic carbocycles. The molecule has 1 atom stereocenters. The minimum Gasteiger partial charge on any atom is -0.496 e. The molecule has 148 valence electrons. The topological polar surface area (TPSA) is 12.5 Å². The maximum atomic E-state index is 5.98. The molecule has 1 aliphatic rings. The Morgan fingerprint density at radius 1 is 1.04 bits per heavy atom. The van der Waals surface area contributed by atoms with Crippen LogP contribution in [0, 0.1) is 0 Å². The molecule has 1 heterocycles. The van der Waals surface area contributed by atoms with E-state index in [0.717, 1.165) is 18.5 Å². The second-order valence-electron chi connectivity index (χ2n) is 6.88. The summed E-state index contributed by atoms with van der Waals surface area (Å²) >= 11 is 0. The molecule has 0 bridgehead atoms. The van der Waals surface area contributed by atoms with Gasteiger partial charge in [0.1, 0.15) is 6.61 Å². The van der Waals surface area contributed by atoms with Crippen LogP contribution in [0.15, 0.2) is 102 Å². The highest BCUT2D eigenvalue weighted by Crippen LogP contribution is 2.31. The Morgan fingerprint density at radius 3 is 2.43 bits per heavy atom. The van der Waals surface area contributed by atoms with Crippen LogP contribution in [0.4, 0.5) is 5.69 Å². The number of hydrogen-bond acceptors (Lipinski definition) is 2. The van der Waals surface area contributed by atoms with Gasteiger partial charge in [0, 0.05) is 17.8 Å². The summed E-state index contributed by atoms with van der Waals surface area (Å²) in [6.45, 7) is 9.89. The summed E-state index contributed by atoms with van der Waals surface area (Å²) in [4.78, 5) is 2.44. The van der Waals surface area contributed by atoms with E-state index >= 15 is 0 Å². The second kappa shape index (κ2) is 11.9. The summed E-state index contributed by atoms with van der Waals surface area (Å²) in [6, 6.07) is 11.0. The summed E-state index contributed by atoms with van der Waals surface area (Å²) in [6.07, 6.45) is 19.8. The van der Waals surface area contributed by atoms with Crippen LogP contribution in [0.5, 0.6) is 0 Å². The Kier molecular flexibility index (Phi) is 9.14. The zero-order valence-electron chi connectivity index (χ0n) is 17.6. The van der Waals surface area contributed by atoms with Crippen molar-refractivity contribution in [3.05, 3.63) is 102 Å². The summed E-state index contributed by atoms with van der Waals surface area (Å²) < 4.78 is 5.98. The van der Waals surface area contributed by atoms with Crippen molar-refractivity contribution in [2.45, 2.75) is 40.2 Å². The number of ether oxygens (including phenoxy) is 1.